The molecule has 9 heteroatoms. The maximum atomic E-state index is 14.2. The highest BCUT2D eigenvalue weighted by Crippen LogP contribution is 2.21. The third kappa shape index (κ3) is 4.00. The van der Waals surface area contributed by atoms with Gasteiger partial charge in [-0.2, -0.15) is 0 Å². The molecule has 28 heavy (non-hydrogen) atoms. The largest absolute Gasteiger partial charge is 0.329 e. The predicted octanol–water partition coefficient (Wildman–Crippen LogP) is 3.47. The number of amides is 1. The Hall–Kier alpha value is -2.52. The summed E-state index contributed by atoms with van der Waals surface area (Å²) >= 11 is 3.29. The van der Waals surface area contributed by atoms with Crippen LogP contribution in [0.25, 0.3) is 5.52 Å². The second-order valence-electron chi connectivity index (χ2n) is 6.18. The minimum absolute atomic E-state index is 0.0155. The van der Waals surface area contributed by atoms with Gasteiger partial charge in [-0.25, -0.2) is 17.8 Å². The number of hydrogen-bond donors (Lipinski definition) is 0. The Morgan fingerprint density at radius 3 is 2.79 bits per heavy atom. The Balaban J connectivity index is 2.07. The number of imidazole rings is 1. The lowest BCUT2D eigenvalue weighted by Crippen LogP contribution is -2.31. The molecule has 2 heterocycles. The van der Waals surface area contributed by atoms with E-state index in [0.29, 0.717) is 15.6 Å². The van der Waals surface area contributed by atoms with Crippen LogP contribution in [-0.2, 0) is 16.4 Å². The Labute approximate surface area is 170 Å². The van der Waals surface area contributed by atoms with E-state index in [1.165, 1.54) is 27.6 Å². The number of benzene rings is 1. The lowest BCUT2D eigenvalue weighted by Gasteiger charge is -2.21. The van der Waals surface area contributed by atoms with Crippen molar-refractivity contribution < 1.29 is 17.6 Å². The third-order valence-electron chi connectivity index (χ3n) is 4.06. The maximum absolute atomic E-state index is 14.2. The zero-order valence-corrected chi connectivity index (χ0v) is 17.4. The number of carbonyl (C=O) groups is 1. The standard InChI is InChI=1S/C19H17BrFN3O3S/c1-3-9-23(12-13-11-14(20)7-8-15(13)21)18(25)17-16-6-4-5-10-24(16)19(22-17)28(2,26)27/h3-8,10-11H,1,9,12H2,2H3. The fourth-order valence-corrected chi connectivity index (χ4v) is 4.01. The first kappa shape index (κ1) is 20.2. The van der Waals surface area contributed by atoms with Crippen LogP contribution in [0, 0.1) is 5.82 Å². The van der Waals surface area contributed by atoms with Crippen LogP contribution < -0.4 is 0 Å². The van der Waals surface area contributed by atoms with E-state index >= 15 is 0 Å². The molecule has 0 bridgehead atoms. The molecule has 0 aliphatic heterocycles. The van der Waals surface area contributed by atoms with Gasteiger partial charge in [0.1, 0.15) is 5.82 Å². The van der Waals surface area contributed by atoms with Crippen molar-refractivity contribution in [3.63, 3.8) is 0 Å². The molecule has 1 aromatic carbocycles. The molecule has 1 amide bonds. The molecule has 3 aromatic rings. The average molecular weight is 466 g/mol. The fourth-order valence-electron chi connectivity index (χ4n) is 2.82. The highest BCUT2D eigenvalue weighted by molar-refractivity contribution is 9.10. The van der Waals surface area contributed by atoms with Gasteiger partial charge in [0.2, 0.25) is 15.0 Å². The zero-order valence-electron chi connectivity index (χ0n) is 15.0. The number of rotatable bonds is 6. The minimum Gasteiger partial charge on any atom is -0.329 e. The van der Waals surface area contributed by atoms with Gasteiger partial charge in [0, 0.05) is 35.6 Å². The van der Waals surface area contributed by atoms with Crippen molar-refractivity contribution in [3.05, 3.63) is 76.8 Å². The summed E-state index contributed by atoms with van der Waals surface area (Å²) in [7, 11) is -3.66. The van der Waals surface area contributed by atoms with Crippen LogP contribution >= 0.6 is 15.9 Å². The van der Waals surface area contributed by atoms with Crippen molar-refractivity contribution in [1.82, 2.24) is 14.3 Å². The summed E-state index contributed by atoms with van der Waals surface area (Å²) in [4.78, 5) is 18.6. The smallest absolute Gasteiger partial charge is 0.275 e. The number of fused-ring (bicyclic) bond motifs is 1. The number of nitrogens with zero attached hydrogens (tertiary/aromatic N) is 3. The average Bonchev–Trinajstić information content (AvgIpc) is 3.04. The highest BCUT2D eigenvalue weighted by Gasteiger charge is 2.26. The number of aromatic nitrogens is 2. The van der Waals surface area contributed by atoms with Crippen molar-refractivity contribution in [2.45, 2.75) is 11.7 Å². The molecule has 0 radical (unpaired) electrons. The molecule has 6 nitrogen and oxygen atoms in total. The first-order chi connectivity index (χ1) is 13.2. The van der Waals surface area contributed by atoms with Gasteiger partial charge in [0.15, 0.2) is 5.69 Å². The molecule has 3 rings (SSSR count). The summed E-state index contributed by atoms with van der Waals surface area (Å²) in [6.45, 7) is 3.77. The molecule has 0 unspecified atom stereocenters. The number of sulfone groups is 1. The quantitative estimate of drug-likeness (QED) is 0.522. The van der Waals surface area contributed by atoms with E-state index < -0.39 is 21.6 Å². The van der Waals surface area contributed by atoms with Crippen LogP contribution in [0.15, 0.2) is 64.9 Å². The molecule has 0 saturated carbocycles. The van der Waals surface area contributed by atoms with Gasteiger partial charge in [-0.15, -0.1) is 6.58 Å². The zero-order chi connectivity index (χ0) is 20.5. The molecule has 0 aliphatic rings. The first-order valence-corrected chi connectivity index (χ1v) is 10.9. The molecular formula is C19H17BrFN3O3S. The van der Waals surface area contributed by atoms with Crippen LogP contribution in [0.1, 0.15) is 16.1 Å². The van der Waals surface area contributed by atoms with Gasteiger partial charge in [-0.1, -0.05) is 28.1 Å². The summed E-state index contributed by atoms with van der Waals surface area (Å²) in [5.41, 5.74) is 0.659. The normalized spacial score (nSPS) is 11.5. The number of halogens is 2. The third-order valence-corrected chi connectivity index (χ3v) is 5.50. The van der Waals surface area contributed by atoms with Gasteiger partial charge in [0.25, 0.3) is 5.91 Å². The molecule has 0 atom stereocenters. The van der Waals surface area contributed by atoms with Crippen molar-refractivity contribution in [1.29, 1.82) is 0 Å². The second kappa shape index (κ2) is 7.84. The summed E-state index contributed by atoms with van der Waals surface area (Å²) in [6, 6.07) is 9.41. The summed E-state index contributed by atoms with van der Waals surface area (Å²) in [5, 5.41) is -0.223. The number of pyridine rings is 1. The second-order valence-corrected chi connectivity index (χ2v) is 9.01. The van der Waals surface area contributed by atoms with E-state index in [1.54, 1.807) is 30.3 Å². The van der Waals surface area contributed by atoms with Gasteiger partial charge < -0.3 is 4.90 Å². The summed E-state index contributed by atoms with van der Waals surface area (Å²) in [5.74, 6) is -0.963. The molecule has 146 valence electrons. The predicted molar refractivity (Wildman–Crippen MR) is 107 cm³/mol. The fraction of sp³-hybridized carbons (Fsp3) is 0.158. The minimum atomic E-state index is -3.66. The van der Waals surface area contributed by atoms with E-state index in [-0.39, 0.29) is 23.9 Å². The monoisotopic (exact) mass is 465 g/mol. The Kier molecular flexibility index (Phi) is 5.66. The van der Waals surface area contributed by atoms with E-state index in [1.807, 2.05) is 0 Å². The summed E-state index contributed by atoms with van der Waals surface area (Å²) < 4.78 is 40.3. The first-order valence-electron chi connectivity index (χ1n) is 8.23. The summed E-state index contributed by atoms with van der Waals surface area (Å²) in [6.07, 6.45) is 4.08. The molecular weight excluding hydrogens is 449 g/mol. The van der Waals surface area contributed by atoms with Crippen LogP contribution in [-0.4, -0.2) is 41.4 Å². The van der Waals surface area contributed by atoms with Crippen LogP contribution in [0.4, 0.5) is 4.39 Å². The van der Waals surface area contributed by atoms with Crippen molar-refractivity contribution in [3.8, 4) is 0 Å². The molecule has 0 aliphatic carbocycles. The van der Waals surface area contributed by atoms with E-state index in [9.17, 15) is 17.6 Å². The lowest BCUT2D eigenvalue weighted by atomic mass is 10.2. The van der Waals surface area contributed by atoms with Gasteiger partial charge in [-0.3, -0.25) is 9.20 Å². The maximum Gasteiger partial charge on any atom is 0.275 e. The molecule has 0 N–H and O–H groups in total. The number of hydrogen-bond acceptors (Lipinski definition) is 4. The molecule has 2 aromatic heterocycles. The van der Waals surface area contributed by atoms with E-state index in [0.717, 1.165) is 6.26 Å². The Morgan fingerprint density at radius 1 is 1.36 bits per heavy atom. The van der Waals surface area contributed by atoms with Gasteiger partial charge in [0.05, 0.1) is 5.52 Å². The van der Waals surface area contributed by atoms with E-state index in [4.69, 9.17) is 0 Å². The number of carbonyl (C=O) groups excluding carboxylic acids is 1. The van der Waals surface area contributed by atoms with Gasteiger partial charge in [-0.05, 0) is 30.3 Å². The van der Waals surface area contributed by atoms with Crippen molar-refractivity contribution >= 4 is 37.2 Å². The van der Waals surface area contributed by atoms with Crippen LogP contribution in [0.5, 0.6) is 0 Å². The molecule has 0 fully saturated rings. The van der Waals surface area contributed by atoms with Crippen LogP contribution in [0.3, 0.4) is 0 Å². The van der Waals surface area contributed by atoms with E-state index in [2.05, 4.69) is 27.5 Å². The lowest BCUT2D eigenvalue weighted by molar-refractivity contribution is 0.0757. The van der Waals surface area contributed by atoms with Crippen molar-refractivity contribution in [2.24, 2.45) is 0 Å². The SMILES string of the molecule is C=CCN(Cc1cc(Br)ccc1F)C(=O)c1nc(S(C)(=O)=O)n2ccccc12. The van der Waals surface area contributed by atoms with Crippen LogP contribution in [0.2, 0.25) is 0 Å². The van der Waals surface area contributed by atoms with Gasteiger partial charge >= 0.3 is 0 Å². The Morgan fingerprint density at radius 2 is 2.11 bits per heavy atom. The highest BCUT2D eigenvalue weighted by atomic mass is 79.9. The topological polar surface area (TPSA) is 71.8 Å². The molecule has 0 spiro atoms. The van der Waals surface area contributed by atoms with Crippen molar-refractivity contribution in [2.75, 3.05) is 12.8 Å². The Bertz CT molecular complexity index is 1170. The molecule has 0 saturated heterocycles.